The minimum absolute atomic E-state index is 0.109. The number of ketones is 1. The summed E-state index contributed by atoms with van der Waals surface area (Å²) in [4.78, 5) is 55.2. The van der Waals surface area contributed by atoms with Crippen molar-refractivity contribution in [2.24, 2.45) is 11.8 Å². The molecule has 36 heavy (non-hydrogen) atoms. The second kappa shape index (κ2) is 8.13. The summed E-state index contributed by atoms with van der Waals surface area (Å²) in [5, 5.41) is 11.6. The Morgan fingerprint density at radius 2 is 1.64 bits per heavy atom. The minimum Gasteiger partial charge on any atom is -0.358 e. The Morgan fingerprint density at radius 1 is 0.917 bits per heavy atom. The van der Waals surface area contributed by atoms with Gasteiger partial charge in [0.25, 0.3) is 5.69 Å². The summed E-state index contributed by atoms with van der Waals surface area (Å²) in [6.45, 7) is 0. The lowest BCUT2D eigenvalue weighted by Crippen LogP contribution is -2.44. The number of Topliss-reactive ketones (excluding diaryl/α,β-unsaturated/α-hetero) is 1. The number of nitro benzene ring substituents is 1. The number of hydrogen-bond acceptors (Lipinski definition) is 6. The van der Waals surface area contributed by atoms with Crippen molar-refractivity contribution in [2.45, 2.75) is 12.1 Å². The monoisotopic (exact) mass is 499 g/mol. The molecule has 178 valence electrons. The molecule has 3 aliphatic rings. The fourth-order valence-corrected chi connectivity index (χ4v) is 5.89. The largest absolute Gasteiger partial charge is 0.358 e. The molecule has 3 aromatic rings. The molecule has 8 nitrogen and oxygen atoms in total. The molecule has 4 atom stereocenters. The van der Waals surface area contributed by atoms with Crippen LogP contribution in [-0.2, 0) is 9.59 Å². The molecule has 0 radical (unpaired) electrons. The van der Waals surface area contributed by atoms with Crippen LogP contribution < -0.4 is 4.90 Å². The molecule has 0 saturated carbocycles. The van der Waals surface area contributed by atoms with E-state index in [4.69, 9.17) is 11.6 Å². The van der Waals surface area contributed by atoms with E-state index in [9.17, 15) is 24.5 Å². The Balaban J connectivity index is 1.51. The van der Waals surface area contributed by atoms with Crippen LogP contribution in [0.2, 0.25) is 5.02 Å². The van der Waals surface area contributed by atoms with Gasteiger partial charge in [0, 0.05) is 23.9 Å². The Morgan fingerprint density at radius 3 is 2.42 bits per heavy atom. The molecule has 0 bridgehead atoms. The van der Waals surface area contributed by atoms with Crippen molar-refractivity contribution < 1.29 is 19.3 Å². The molecule has 3 aromatic carbocycles. The fraction of sp³-hybridized carbons (Fsp3) is 0.148. The van der Waals surface area contributed by atoms with Crippen LogP contribution in [0.15, 0.2) is 79.0 Å². The van der Waals surface area contributed by atoms with Gasteiger partial charge in [-0.25, -0.2) is 4.90 Å². The highest BCUT2D eigenvalue weighted by atomic mass is 35.5. The van der Waals surface area contributed by atoms with E-state index in [-0.39, 0.29) is 22.0 Å². The minimum atomic E-state index is -1.02. The summed E-state index contributed by atoms with van der Waals surface area (Å²) in [5.41, 5.74) is 1.90. The zero-order chi connectivity index (χ0) is 25.1. The van der Waals surface area contributed by atoms with Crippen LogP contribution in [0.4, 0.5) is 11.4 Å². The lowest BCUT2D eigenvalue weighted by atomic mass is 9.83. The van der Waals surface area contributed by atoms with Crippen LogP contribution in [0.25, 0.3) is 6.08 Å². The molecule has 0 N–H and O–H groups in total. The lowest BCUT2D eigenvalue weighted by Gasteiger charge is -2.35. The van der Waals surface area contributed by atoms with E-state index >= 15 is 0 Å². The first kappa shape index (κ1) is 22.2. The van der Waals surface area contributed by atoms with Crippen molar-refractivity contribution in [3.63, 3.8) is 0 Å². The molecule has 0 aliphatic carbocycles. The standard InChI is InChI=1S/C27H18ClN3O5/c28-19-10-3-4-11-20(19)30-26(33)21-22(27(30)34)24(25(32)16-7-5-8-17(14-16)31(35)36)29-13-12-15-6-1-2-9-18(15)23(21)29/h1-14,21-24H/t21-,22-,23+,24+/m1/s1. The number of fused-ring (bicyclic) bond motifs is 5. The highest BCUT2D eigenvalue weighted by Gasteiger charge is 2.64. The van der Waals surface area contributed by atoms with E-state index < -0.39 is 46.4 Å². The molecule has 0 spiro atoms. The molecule has 3 aliphatic heterocycles. The number of carbonyl (C=O) groups excluding carboxylic acids is 3. The predicted molar refractivity (Wildman–Crippen MR) is 132 cm³/mol. The van der Waals surface area contributed by atoms with Crippen molar-refractivity contribution in [2.75, 3.05) is 4.90 Å². The average Bonchev–Trinajstić information content (AvgIpc) is 3.36. The van der Waals surface area contributed by atoms with Crippen molar-refractivity contribution in [1.29, 1.82) is 0 Å². The second-order valence-corrected chi connectivity index (χ2v) is 9.38. The normalized spacial score (nSPS) is 23.9. The van der Waals surface area contributed by atoms with Gasteiger partial charge in [-0.15, -0.1) is 0 Å². The first-order valence-corrected chi connectivity index (χ1v) is 11.7. The number of nitro groups is 1. The SMILES string of the molecule is O=C(c1cccc([N+](=O)[O-])c1)[C@@H]1[C@@H]2C(=O)N(c3ccccc3Cl)C(=O)[C@H]2[C@@H]2c3ccccc3C=CN12. The van der Waals surface area contributed by atoms with E-state index in [1.54, 1.807) is 35.4 Å². The molecule has 0 unspecified atom stereocenters. The molecule has 2 saturated heterocycles. The van der Waals surface area contributed by atoms with Gasteiger partial charge in [-0.05, 0) is 29.3 Å². The van der Waals surface area contributed by atoms with Gasteiger partial charge in [0.2, 0.25) is 11.8 Å². The van der Waals surface area contributed by atoms with Gasteiger partial charge in [-0.2, -0.15) is 0 Å². The first-order chi connectivity index (χ1) is 17.4. The van der Waals surface area contributed by atoms with Gasteiger partial charge in [0.1, 0.15) is 6.04 Å². The maximum absolute atomic E-state index is 13.9. The van der Waals surface area contributed by atoms with E-state index in [0.717, 1.165) is 16.0 Å². The summed E-state index contributed by atoms with van der Waals surface area (Å²) in [7, 11) is 0. The zero-order valence-corrected chi connectivity index (χ0v) is 19.4. The maximum Gasteiger partial charge on any atom is 0.270 e. The quantitative estimate of drug-likeness (QED) is 0.224. The van der Waals surface area contributed by atoms with Crippen LogP contribution in [0.3, 0.4) is 0 Å². The molecule has 3 heterocycles. The van der Waals surface area contributed by atoms with Crippen LogP contribution >= 0.6 is 11.6 Å². The number of hydrogen-bond donors (Lipinski definition) is 0. The number of halogens is 1. The number of nitrogens with zero attached hydrogens (tertiary/aromatic N) is 3. The van der Waals surface area contributed by atoms with Gasteiger partial charge in [0.15, 0.2) is 5.78 Å². The average molecular weight is 500 g/mol. The highest BCUT2D eigenvalue weighted by molar-refractivity contribution is 6.36. The smallest absolute Gasteiger partial charge is 0.270 e. The van der Waals surface area contributed by atoms with Crippen LogP contribution in [-0.4, -0.2) is 33.5 Å². The molecular formula is C27H18ClN3O5. The van der Waals surface area contributed by atoms with Crippen molar-refractivity contribution in [3.8, 4) is 0 Å². The number of non-ortho nitro benzene ring substituents is 1. The second-order valence-electron chi connectivity index (χ2n) is 8.97. The third-order valence-corrected chi connectivity index (χ3v) is 7.48. The van der Waals surface area contributed by atoms with Crippen molar-refractivity contribution >= 4 is 46.6 Å². The van der Waals surface area contributed by atoms with E-state index in [0.29, 0.717) is 0 Å². The molecular weight excluding hydrogens is 482 g/mol. The first-order valence-electron chi connectivity index (χ1n) is 11.3. The summed E-state index contributed by atoms with van der Waals surface area (Å²) >= 11 is 6.35. The van der Waals surface area contributed by atoms with Gasteiger partial charge in [-0.3, -0.25) is 24.5 Å². The fourth-order valence-electron chi connectivity index (χ4n) is 5.67. The van der Waals surface area contributed by atoms with Crippen LogP contribution in [0, 0.1) is 22.0 Å². The third kappa shape index (κ3) is 3.11. The summed E-state index contributed by atoms with van der Waals surface area (Å²) in [5.74, 6) is -3.20. The number of anilines is 1. The summed E-state index contributed by atoms with van der Waals surface area (Å²) in [6.07, 6.45) is 3.59. The Labute approximate surface area is 210 Å². The summed E-state index contributed by atoms with van der Waals surface area (Å²) in [6, 6.07) is 18.0. The van der Waals surface area contributed by atoms with Crippen molar-refractivity contribution in [1.82, 2.24) is 4.90 Å². The Bertz CT molecular complexity index is 1500. The highest BCUT2D eigenvalue weighted by Crippen LogP contribution is 2.54. The molecule has 2 fully saturated rings. The van der Waals surface area contributed by atoms with Crippen molar-refractivity contribution in [3.05, 3.63) is 111 Å². The molecule has 6 rings (SSSR count). The van der Waals surface area contributed by atoms with E-state index in [2.05, 4.69) is 0 Å². The third-order valence-electron chi connectivity index (χ3n) is 7.17. The number of carbonyl (C=O) groups is 3. The number of benzene rings is 3. The molecule has 9 heteroatoms. The number of rotatable bonds is 4. The maximum atomic E-state index is 13.9. The number of para-hydroxylation sites is 1. The number of imide groups is 1. The predicted octanol–water partition coefficient (Wildman–Crippen LogP) is 4.65. The molecule has 2 amide bonds. The van der Waals surface area contributed by atoms with Gasteiger partial charge in [-0.1, -0.05) is 60.1 Å². The van der Waals surface area contributed by atoms with E-state index in [1.807, 2.05) is 30.3 Å². The van der Waals surface area contributed by atoms with Crippen LogP contribution in [0.5, 0.6) is 0 Å². The Hall–Kier alpha value is -4.30. The summed E-state index contributed by atoms with van der Waals surface area (Å²) < 4.78 is 0. The topological polar surface area (TPSA) is 101 Å². The number of amides is 2. The zero-order valence-electron chi connectivity index (χ0n) is 18.7. The lowest BCUT2D eigenvalue weighted by molar-refractivity contribution is -0.384. The van der Waals surface area contributed by atoms with Gasteiger partial charge < -0.3 is 4.90 Å². The van der Waals surface area contributed by atoms with Gasteiger partial charge >= 0.3 is 0 Å². The van der Waals surface area contributed by atoms with Crippen LogP contribution in [0.1, 0.15) is 27.5 Å². The Kier molecular flexibility index (Phi) is 5.01. The van der Waals surface area contributed by atoms with Gasteiger partial charge in [0.05, 0.1) is 33.5 Å². The molecule has 0 aromatic heterocycles. The van der Waals surface area contributed by atoms with E-state index in [1.165, 1.54) is 24.3 Å².